The summed E-state index contributed by atoms with van der Waals surface area (Å²) in [4.78, 5) is 11.0. The van der Waals surface area contributed by atoms with Crippen LogP contribution in [0.1, 0.15) is 12.1 Å². The maximum Gasteiger partial charge on any atom is 0.222 e. The number of hydrogen-bond donors (Lipinski definition) is 3. The summed E-state index contributed by atoms with van der Waals surface area (Å²) < 4.78 is 25.6. The van der Waals surface area contributed by atoms with Gasteiger partial charge >= 0.3 is 0 Å². The molecule has 0 radical (unpaired) electrons. The Morgan fingerprint density at radius 2 is 2.19 bits per heavy atom. The van der Waals surface area contributed by atoms with Gasteiger partial charge in [0.1, 0.15) is 12.0 Å². The summed E-state index contributed by atoms with van der Waals surface area (Å²) in [5.41, 5.74) is 7.19. The molecule has 146 valence electrons. The highest BCUT2D eigenvalue weighted by Gasteiger charge is 2.24. The SMILES string of the molecule is Cc1cc(N2CCCOCC2Nc2cc(S(C)(=N)=O)ccc2Cl)nc(N)n1. The fraction of sp³-hybridized carbons (Fsp3) is 0.412. The van der Waals surface area contributed by atoms with Gasteiger partial charge in [0.15, 0.2) is 0 Å². The maximum absolute atomic E-state index is 12.1. The third kappa shape index (κ3) is 4.79. The monoisotopic (exact) mass is 410 g/mol. The van der Waals surface area contributed by atoms with Crippen LogP contribution in [-0.4, -0.2) is 46.4 Å². The molecule has 10 heteroatoms. The number of halogens is 1. The van der Waals surface area contributed by atoms with Crippen LogP contribution in [0.3, 0.4) is 0 Å². The zero-order valence-corrected chi connectivity index (χ0v) is 16.8. The molecule has 2 aromatic rings. The van der Waals surface area contributed by atoms with Crippen molar-refractivity contribution in [3.8, 4) is 0 Å². The number of nitrogen functional groups attached to an aromatic ring is 1. The smallest absolute Gasteiger partial charge is 0.222 e. The molecule has 2 unspecified atom stereocenters. The van der Waals surface area contributed by atoms with Gasteiger partial charge in [-0.1, -0.05) is 11.6 Å². The molecule has 1 fully saturated rings. The van der Waals surface area contributed by atoms with Crippen molar-refractivity contribution in [2.75, 3.05) is 42.0 Å². The van der Waals surface area contributed by atoms with Crippen LogP contribution in [0, 0.1) is 11.7 Å². The highest BCUT2D eigenvalue weighted by atomic mass is 35.5. The normalized spacial score (nSPS) is 20.0. The molecule has 0 spiro atoms. The Balaban J connectivity index is 1.95. The van der Waals surface area contributed by atoms with Gasteiger partial charge in [0.05, 0.1) is 27.0 Å². The summed E-state index contributed by atoms with van der Waals surface area (Å²) in [6.07, 6.45) is 1.96. The van der Waals surface area contributed by atoms with Gasteiger partial charge in [-0.25, -0.2) is 14.0 Å². The van der Waals surface area contributed by atoms with E-state index in [0.29, 0.717) is 41.2 Å². The summed E-state index contributed by atoms with van der Waals surface area (Å²) in [6.45, 7) is 3.63. The number of rotatable bonds is 4. The van der Waals surface area contributed by atoms with Crippen LogP contribution in [0.5, 0.6) is 0 Å². The Kier molecular flexibility index (Phi) is 5.73. The fourth-order valence-electron chi connectivity index (χ4n) is 2.93. The molecule has 8 nitrogen and oxygen atoms in total. The molecule has 4 N–H and O–H groups in total. The standard InChI is InChI=1S/C17H23ClN6O2S/c1-11-8-15(23-17(19)21-11)24-6-3-7-26-10-16(24)22-14-9-12(27(2,20)25)4-5-13(14)18/h4-5,8-9,16,20,22H,3,6-7,10H2,1-2H3,(H2,19,21,23). The van der Waals surface area contributed by atoms with Crippen molar-refractivity contribution < 1.29 is 8.95 Å². The number of ether oxygens (including phenoxy) is 1. The lowest BCUT2D eigenvalue weighted by Gasteiger charge is -2.32. The lowest BCUT2D eigenvalue weighted by atomic mass is 10.2. The first kappa shape index (κ1) is 19.7. The molecule has 1 aliphatic rings. The average molecular weight is 411 g/mol. The Morgan fingerprint density at radius 3 is 2.89 bits per heavy atom. The van der Waals surface area contributed by atoms with Gasteiger partial charge in [-0.05, 0) is 31.5 Å². The minimum atomic E-state index is -2.85. The molecule has 1 saturated heterocycles. The third-order valence-corrected chi connectivity index (χ3v) is 5.68. The molecular formula is C17H23ClN6O2S. The van der Waals surface area contributed by atoms with E-state index in [4.69, 9.17) is 26.9 Å². The van der Waals surface area contributed by atoms with E-state index < -0.39 is 9.73 Å². The van der Waals surface area contributed by atoms with Crippen molar-refractivity contribution in [3.63, 3.8) is 0 Å². The topological polar surface area (TPSA) is 117 Å². The molecule has 0 aliphatic carbocycles. The number of benzene rings is 1. The minimum absolute atomic E-state index is 0.217. The average Bonchev–Trinajstić information content (AvgIpc) is 2.80. The largest absolute Gasteiger partial charge is 0.377 e. The lowest BCUT2D eigenvalue weighted by Crippen LogP contribution is -2.44. The van der Waals surface area contributed by atoms with Crippen LogP contribution in [0.25, 0.3) is 0 Å². The van der Waals surface area contributed by atoms with E-state index in [9.17, 15) is 4.21 Å². The second kappa shape index (κ2) is 7.87. The molecule has 27 heavy (non-hydrogen) atoms. The van der Waals surface area contributed by atoms with Crippen LogP contribution < -0.4 is 16.0 Å². The fourth-order valence-corrected chi connectivity index (χ4v) is 3.77. The van der Waals surface area contributed by atoms with Crippen LogP contribution in [0.15, 0.2) is 29.2 Å². The highest BCUT2D eigenvalue weighted by Crippen LogP contribution is 2.28. The summed E-state index contributed by atoms with van der Waals surface area (Å²) in [7, 11) is -2.85. The van der Waals surface area contributed by atoms with Crippen molar-refractivity contribution >= 4 is 38.8 Å². The van der Waals surface area contributed by atoms with E-state index in [2.05, 4.69) is 20.2 Å². The Hall–Kier alpha value is -2.10. The summed E-state index contributed by atoms with van der Waals surface area (Å²) in [6, 6.07) is 6.78. The van der Waals surface area contributed by atoms with Gasteiger partial charge in [-0.15, -0.1) is 0 Å². The molecule has 2 heterocycles. The van der Waals surface area contributed by atoms with Crippen LogP contribution in [-0.2, 0) is 14.5 Å². The number of nitrogens with two attached hydrogens (primary N) is 1. The Labute approximate surface area is 164 Å². The van der Waals surface area contributed by atoms with Crippen molar-refractivity contribution in [3.05, 3.63) is 35.0 Å². The molecule has 3 rings (SSSR count). The first-order valence-electron chi connectivity index (χ1n) is 8.49. The quantitative estimate of drug-likeness (QED) is 0.709. The van der Waals surface area contributed by atoms with Crippen LogP contribution >= 0.6 is 11.6 Å². The minimum Gasteiger partial charge on any atom is -0.377 e. The predicted octanol–water partition coefficient (Wildman–Crippen LogP) is 2.72. The molecule has 1 aromatic carbocycles. The molecule has 2 atom stereocenters. The van der Waals surface area contributed by atoms with Gasteiger partial charge < -0.3 is 20.7 Å². The summed E-state index contributed by atoms with van der Waals surface area (Å²) >= 11 is 6.33. The maximum atomic E-state index is 12.1. The molecular weight excluding hydrogens is 388 g/mol. The van der Waals surface area contributed by atoms with Gasteiger partial charge in [0, 0.05) is 36.1 Å². The predicted molar refractivity (Wildman–Crippen MR) is 108 cm³/mol. The van der Waals surface area contributed by atoms with Gasteiger partial charge in [-0.3, -0.25) is 0 Å². The molecule has 1 aliphatic heterocycles. The van der Waals surface area contributed by atoms with Gasteiger partial charge in [0.2, 0.25) is 5.95 Å². The highest BCUT2D eigenvalue weighted by molar-refractivity contribution is 7.91. The summed E-state index contributed by atoms with van der Waals surface area (Å²) in [5, 5.41) is 3.82. The van der Waals surface area contributed by atoms with E-state index in [1.54, 1.807) is 18.2 Å². The Morgan fingerprint density at radius 1 is 1.41 bits per heavy atom. The van der Waals surface area contributed by atoms with E-state index in [1.165, 1.54) is 6.26 Å². The number of nitrogens with one attached hydrogen (secondary N) is 2. The first-order chi connectivity index (χ1) is 12.7. The lowest BCUT2D eigenvalue weighted by molar-refractivity contribution is 0.139. The number of aromatic nitrogens is 2. The summed E-state index contributed by atoms with van der Waals surface area (Å²) in [5.74, 6) is 0.920. The third-order valence-electron chi connectivity index (χ3n) is 4.20. The number of anilines is 3. The molecule has 1 aromatic heterocycles. The second-order valence-electron chi connectivity index (χ2n) is 6.49. The van der Waals surface area contributed by atoms with Crippen molar-refractivity contribution in [1.29, 1.82) is 4.78 Å². The number of hydrogen-bond acceptors (Lipinski definition) is 8. The van der Waals surface area contributed by atoms with E-state index in [1.807, 2.05) is 13.0 Å². The van der Waals surface area contributed by atoms with Crippen LogP contribution in [0.4, 0.5) is 17.5 Å². The van der Waals surface area contributed by atoms with Crippen molar-refractivity contribution in [2.24, 2.45) is 0 Å². The van der Waals surface area contributed by atoms with Gasteiger partial charge in [-0.2, -0.15) is 4.98 Å². The zero-order valence-electron chi connectivity index (χ0n) is 15.2. The van der Waals surface area contributed by atoms with E-state index in [-0.39, 0.29) is 12.1 Å². The second-order valence-corrected chi connectivity index (χ2v) is 9.06. The number of aryl methyl sites for hydroxylation is 1. The first-order valence-corrected chi connectivity index (χ1v) is 10.8. The zero-order chi connectivity index (χ0) is 19.6. The van der Waals surface area contributed by atoms with Crippen molar-refractivity contribution in [2.45, 2.75) is 24.4 Å². The molecule has 0 saturated carbocycles. The van der Waals surface area contributed by atoms with Gasteiger partial charge in [0.25, 0.3) is 0 Å². The van der Waals surface area contributed by atoms with Crippen molar-refractivity contribution in [1.82, 2.24) is 9.97 Å². The van der Waals surface area contributed by atoms with E-state index >= 15 is 0 Å². The van der Waals surface area contributed by atoms with Crippen LogP contribution in [0.2, 0.25) is 5.02 Å². The van der Waals surface area contributed by atoms with E-state index in [0.717, 1.165) is 12.1 Å². The number of nitrogens with zero attached hydrogens (tertiary/aromatic N) is 3. The Bertz CT molecular complexity index is 917. The molecule has 0 bridgehead atoms. The molecule has 0 amide bonds.